The molecule has 1 fully saturated rings. The van der Waals surface area contributed by atoms with Gasteiger partial charge in [0.05, 0.1) is 0 Å². The Balaban J connectivity index is 2.02. The van der Waals surface area contributed by atoms with Crippen LogP contribution in [-0.2, 0) is 6.42 Å². The standard InChI is InChI=1S/C13H21N3/c1-3-11-5-4-6-13(15-11)16-9-7-12(14-2)8-10-16/h4-6,12,14H,3,7-10H2,1-2H3. The first-order chi connectivity index (χ1) is 7.83. The number of hydrogen-bond donors (Lipinski definition) is 1. The number of rotatable bonds is 3. The Morgan fingerprint density at radius 1 is 1.38 bits per heavy atom. The summed E-state index contributed by atoms with van der Waals surface area (Å²) >= 11 is 0. The molecular formula is C13H21N3. The minimum Gasteiger partial charge on any atom is -0.356 e. The van der Waals surface area contributed by atoms with Crippen LogP contribution in [0.4, 0.5) is 5.82 Å². The molecule has 3 heteroatoms. The van der Waals surface area contributed by atoms with E-state index in [-0.39, 0.29) is 0 Å². The normalized spacial score (nSPS) is 17.8. The highest BCUT2D eigenvalue weighted by Gasteiger charge is 2.18. The fourth-order valence-electron chi connectivity index (χ4n) is 2.24. The maximum absolute atomic E-state index is 4.67. The number of piperidine rings is 1. The van der Waals surface area contributed by atoms with Gasteiger partial charge in [-0.05, 0) is 38.4 Å². The summed E-state index contributed by atoms with van der Waals surface area (Å²) in [6.07, 6.45) is 3.45. The Labute approximate surface area is 97.9 Å². The van der Waals surface area contributed by atoms with Gasteiger partial charge in [-0.3, -0.25) is 0 Å². The highest BCUT2D eigenvalue weighted by atomic mass is 15.2. The van der Waals surface area contributed by atoms with Crippen LogP contribution in [0.2, 0.25) is 0 Å². The van der Waals surface area contributed by atoms with Gasteiger partial charge in [0.1, 0.15) is 5.82 Å². The molecule has 0 saturated carbocycles. The van der Waals surface area contributed by atoms with Crippen LogP contribution in [0.15, 0.2) is 18.2 Å². The maximum atomic E-state index is 4.67. The van der Waals surface area contributed by atoms with Gasteiger partial charge >= 0.3 is 0 Å². The highest BCUT2D eigenvalue weighted by molar-refractivity contribution is 5.39. The van der Waals surface area contributed by atoms with Gasteiger partial charge in [0.2, 0.25) is 0 Å². The van der Waals surface area contributed by atoms with Gasteiger partial charge in [-0.15, -0.1) is 0 Å². The van der Waals surface area contributed by atoms with Gasteiger partial charge in [0.15, 0.2) is 0 Å². The molecule has 0 atom stereocenters. The highest BCUT2D eigenvalue weighted by Crippen LogP contribution is 2.18. The molecule has 1 saturated heterocycles. The van der Waals surface area contributed by atoms with Crippen LogP contribution >= 0.6 is 0 Å². The molecule has 1 aromatic rings. The monoisotopic (exact) mass is 219 g/mol. The molecule has 2 heterocycles. The molecule has 1 aromatic heterocycles. The third kappa shape index (κ3) is 2.53. The quantitative estimate of drug-likeness (QED) is 0.840. The Hall–Kier alpha value is -1.09. The lowest BCUT2D eigenvalue weighted by molar-refractivity contribution is 0.440. The van der Waals surface area contributed by atoms with E-state index < -0.39 is 0 Å². The van der Waals surface area contributed by atoms with E-state index >= 15 is 0 Å². The summed E-state index contributed by atoms with van der Waals surface area (Å²) in [6, 6.07) is 7.03. The van der Waals surface area contributed by atoms with Crippen molar-refractivity contribution >= 4 is 5.82 Å². The van der Waals surface area contributed by atoms with Crippen molar-refractivity contribution in [3.05, 3.63) is 23.9 Å². The van der Waals surface area contributed by atoms with Crippen LogP contribution < -0.4 is 10.2 Å². The van der Waals surface area contributed by atoms with Crippen molar-refractivity contribution in [2.45, 2.75) is 32.2 Å². The molecule has 1 aliphatic rings. The first-order valence-corrected chi connectivity index (χ1v) is 6.21. The zero-order valence-electron chi connectivity index (χ0n) is 10.2. The van der Waals surface area contributed by atoms with Crippen LogP contribution in [0.25, 0.3) is 0 Å². The van der Waals surface area contributed by atoms with Crippen LogP contribution in [0.1, 0.15) is 25.5 Å². The largest absolute Gasteiger partial charge is 0.356 e. The molecule has 16 heavy (non-hydrogen) atoms. The number of nitrogens with one attached hydrogen (secondary N) is 1. The molecule has 1 N–H and O–H groups in total. The maximum Gasteiger partial charge on any atom is 0.128 e. The Bertz CT molecular complexity index is 330. The van der Waals surface area contributed by atoms with E-state index in [4.69, 9.17) is 0 Å². The van der Waals surface area contributed by atoms with Gasteiger partial charge in [-0.2, -0.15) is 0 Å². The van der Waals surface area contributed by atoms with Crippen molar-refractivity contribution < 1.29 is 0 Å². The van der Waals surface area contributed by atoms with E-state index in [9.17, 15) is 0 Å². The molecule has 0 radical (unpaired) electrons. The zero-order valence-corrected chi connectivity index (χ0v) is 10.2. The molecule has 0 aromatic carbocycles. The van der Waals surface area contributed by atoms with Gasteiger partial charge in [-0.1, -0.05) is 13.0 Å². The molecule has 0 unspecified atom stereocenters. The molecule has 0 bridgehead atoms. The van der Waals surface area contributed by atoms with E-state index in [0.717, 1.165) is 25.3 Å². The van der Waals surface area contributed by atoms with Crippen molar-refractivity contribution in [2.24, 2.45) is 0 Å². The Morgan fingerprint density at radius 3 is 2.75 bits per heavy atom. The number of aryl methyl sites for hydroxylation is 1. The van der Waals surface area contributed by atoms with Crippen molar-refractivity contribution in [3.63, 3.8) is 0 Å². The summed E-state index contributed by atoms with van der Waals surface area (Å²) in [5.74, 6) is 1.15. The summed E-state index contributed by atoms with van der Waals surface area (Å²) in [5, 5.41) is 3.35. The summed E-state index contributed by atoms with van der Waals surface area (Å²) in [5.41, 5.74) is 1.19. The third-order valence-electron chi connectivity index (χ3n) is 3.38. The SMILES string of the molecule is CCc1cccc(N2CCC(NC)CC2)n1. The molecule has 0 aliphatic carbocycles. The first-order valence-electron chi connectivity index (χ1n) is 6.21. The smallest absolute Gasteiger partial charge is 0.128 e. The lowest BCUT2D eigenvalue weighted by Gasteiger charge is -2.32. The first kappa shape index (κ1) is 11.4. The number of anilines is 1. The molecule has 0 amide bonds. The minimum atomic E-state index is 0.686. The van der Waals surface area contributed by atoms with E-state index in [1.54, 1.807) is 0 Å². The van der Waals surface area contributed by atoms with Gasteiger partial charge < -0.3 is 10.2 Å². The molecule has 2 rings (SSSR count). The number of nitrogens with zero attached hydrogens (tertiary/aromatic N) is 2. The second-order valence-corrected chi connectivity index (χ2v) is 4.39. The van der Waals surface area contributed by atoms with Gasteiger partial charge in [0, 0.05) is 24.8 Å². The average molecular weight is 219 g/mol. The predicted molar refractivity (Wildman–Crippen MR) is 67.9 cm³/mol. The van der Waals surface area contributed by atoms with Crippen LogP contribution in [0.5, 0.6) is 0 Å². The lowest BCUT2D eigenvalue weighted by atomic mass is 10.1. The number of pyridine rings is 1. The number of aromatic nitrogens is 1. The fraction of sp³-hybridized carbons (Fsp3) is 0.615. The van der Waals surface area contributed by atoms with E-state index in [1.807, 2.05) is 0 Å². The van der Waals surface area contributed by atoms with Gasteiger partial charge in [0.25, 0.3) is 0 Å². The Morgan fingerprint density at radius 2 is 2.12 bits per heavy atom. The minimum absolute atomic E-state index is 0.686. The summed E-state index contributed by atoms with van der Waals surface area (Å²) in [7, 11) is 2.05. The topological polar surface area (TPSA) is 28.2 Å². The van der Waals surface area contributed by atoms with E-state index in [2.05, 4.69) is 47.4 Å². The molecule has 3 nitrogen and oxygen atoms in total. The van der Waals surface area contributed by atoms with Crippen molar-refractivity contribution in [1.29, 1.82) is 0 Å². The third-order valence-corrected chi connectivity index (χ3v) is 3.38. The second kappa shape index (κ2) is 5.30. The average Bonchev–Trinajstić information content (AvgIpc) is 2.39. The Kier molecular flexibility index (Phi) is 3.78. The summed E-state index contributed by atoms with van der Waals surface area (Å²) in [4.78, 5) is 7.07. The van der Waals surface area contributed by atoms with Crippen LogP contribution in [0.3, 0.4) is 0 Å². The predicted octanol–water partition coefficient (Wildman–Crippen LogP) is 1.83. The van der Waals surface area contributed by atoms with Gasteiger partial charge in [-0.25, -0.2) is 4.98 Å². The van der Waals surface area contributed by atoms with Crippen molar-refractivity contribution in [2.75, 3.05) is 25.0 Å². The second-order valence-electron chi connectivity index (χ2n) is 4.39. The molecule has 88 valence electrons. The molecule has 1 aliphatic heterocycles. The zero-order chi connectivity index (χ0) is 11.4. The van der Waals surface area contributed by atoms with Crippen LogP contribution in [0, 0.1) is 0 Å². The van der Waals surface area contributed by atoms with E-state index in [0.29, 0.717) is 6.04 Å². The van der Waals surface area contributed by atoms with Crippen molar-refractivity contribution in [1.82, 2.24) is 10.3 Å². The van der Waals surface area contributed by atoms with E-state index in [1.165, 1.54) is 18.5 Å². The van der Waals surface area contributed by atoms with Crippen molar-refractivity contribution in [3.8, 4) is 0 Å². The molecular weight excluding hydrogens is 198 g/mol. The summed E-state index contributed by atoms with van der Waals surface area (Å²) < 4.78 is 0. The fourth-order valence-corrected chi connectivity index (χ4v) is 2.24. The lowest BCUT2D eigenvalue weighted by Crippen LogP contribution is -2.41. The summed E-state index contributed by atoms with van der Waals surface area (Å²) in [6.45, 7) is 4.39. The van der Waals surface area contributed by atoms with Crippen LogP contribution in [-0.4, -0.2) is 31.2 Å². The molecule has 0 spiro atoms. The number of hydrogen-bond acceptors (Lipinski definition) is 3.